The van der Waals surface area contributed by atoms with E-state index in [0.29, 0.717) is 0 Å². The summed E-state index contributed by atoms with van der Waals surface area (Å²) in [4.78, 5) is 0. The van der Waals surface area contributed by atoms with Crippen LogP contribution in [0.1, 0.15) is 46.5 Å². The molecule has 2 heteroatoms. The maximum absolute atomic E-state index is 14.2. The van der Waals surface area contributed by atoms with Crippen molar-refractivity contribution in [2.75, 3.05) is 0 Å². The van der Waals surface area contributed by atoms with Gasteiger partial charge in [-0.15, -0.1) is 0 Å². The number of alkyl halides is 1. The van der Waals surface area contributed by atoms with E-state index in [1.54, 1.807) is 20.8 Å². The van der Waals surface area contributed by atoms with Crippen LogP contribution in [-0.4, -0.2) is 11.2 Å². The largest absolute Gasteiger partial charge is 0.323 e. The SMILES string of the molecule is CC(C)(N)C(C)(F)C1CCCC1. The summed E-state index contributed by atoms with van der Waals surface area (Å²) in [6.07, 6.45) is 4.35. The van der Waals surface area contributed by atoms with Crippen LogP contribution < -0.4 is 5.73 Å². The van der Waals surface area contributed by atoms with Crippen molar-refractivity contribution in [2.45, 2.75) is 57.7 Å². The van der Waals surface area contributed by atoms with Crippen molar-refractivity contribution in [3.8, 4) is 0 Å². The summed E-state index contributed by atoms with van der Waals surface area (Å²) in [5.41, 5.74) is 3.91. The minimum absolute atomic E-state index is 0.178. The molecule has 1 unspecified atom stereocenters. The van der Waals surface area contributed by atoms with Crippen LogP contribution in [0.2, 0.25) is 0 Å². The van der Waals surface area contributed by atoms with Crippen LogP contribution in [0.15, 0.2) is 0 Å². The lowest BCUT2D eigenvalue weighted by Gasteiger charge is -2.39. The molecule has 0 spiro atoms. The molecule has 1 aliphatic rings. The second kappa shape index (κ2) is 2.99. The minimum Gasteiger partial charge on any atom is -0.323 e. The molecule has 0 aromatic heterocycles. The van der Waals surface area contributed by atoms with Crippen molar-refractivity contribution < 1.29 is 4.39 Å². The van der Waals surface area contributed by atoms with Crippen molar-refractivity contribution in [3.63, 3.8) is 0 Å². The third kappa shape index (κ3) is 1.63. The fourth-order valence-electron chi connectivity index (χ4n) is 1.99. The molecule has 0 aromatic carbocycles. The third-order valence-corrected chi connectivity index (χ3v) is 3.38. The van der Waals surface area contributed by atoms with Crippen LogP contribution in [0.4, 0.5) is 4.39 Å². The Kier molecular flexibility index (Phi) is 2.48. The highest BCUT2D eigenvalue weighted by molar-refractivity contribution is 5.00. The van der Waals surface area contributed by atoms with Gasteiger partial charge in [-0.2, -0.15) is 0 Å². The maximum Gasteiger partial charge on any atom is 0.128 e. The van der Waals surface area contributed by atoms with Gasteiger partial charge in [0.05, 0.1) is 0 Å². The molecule has 0 radical (unpaired) electrons. The molecule has 1 aliphatic carbocycles. The molecule has 0 aromatic rings. The van der Waals surface area contributed by atoms with Crippen molar-refractivity contribution in [2.24, 2.45) is 11.7 Å². The van der Waals surface area contributed by atoms with Gasteiger partial charge in [0.1, 0.15) is 5.67 Å². The highest BCUT2D eigenvalue weighted by Crippen LogP contribution is 2.41. The smallest absolute Gasteiger partial charge is 0.128 e. The predicted octanol–water partition coefficient (Wildman–Crippen LogP) is 2.64. The Bertz CT molecular complexity index is 152. The highest BCUT2D eigenvalue weighted by Gasteiger charge is 2.45. The number of nitrogens with two attached hydrogens (primary N) is 1. The summed E-state index contributed by atoms with van der Waals surface area (Å²) >= 11 is 0. The monoisotopic (exact) mass is 173 g/mol. The quantitative estimate of drug-likeness (QED) is 0.682. The van der Waals surface area contributed by atoms with Gasteiger partial charge in [-0.05, 0) is 39.5 Å². The highest BCUT2D eigenvalue weighted by atomic mass is 19.1. The van der Waals surface area contributed by atoms with E-state index in [1.165, 1.54) is 12.8 Å². The van der Waals surface area contributed by atoms with Crippen LogP contribution in [0, 0.1) is 5.92 Å². The Morgan fingerprint density at radius 3 is 1.92 bits per heavy atom. The number of hydrogen-bond acceptors (Lipinski definition) is 1. The van der Waals surface area contributed by atoms with Crippen LogP contribution in [0.3, 0.4) is 0 Å². The Labute approximate surface area is 74.5 Å². The molecule has 2 N–H and O–H groups in total. The van der Waals surface area contributed by atoms with Gasteiger partial charge >= 0.3 is 0 Å². The molecule has 0 heterocycles. The Hall–Kier alpha value is -0.110. The van der Waals surface area contributed by atoms with E-state index in [-0.39, 0.29) is 5.92 Å². The maximum atomic E-state index is 14.2. The normalized spacial score (nSPS) is 25.8. The van der Waals surface area contributed by atoms with E-state index >= 15 is 0 Å². The molecule has 0 aliphatic heterocycles. The van der Waals surface area contributed by atoms with Gasteiger partial charge in [-0.25, -0.2) is 4.39 Å². The molecule has 1 rings (SSSR count). The van der Waals surface area contributed by atoms with E-state index in [4.69, 9.17) is 5.73 Å². The van der Waals surface area contributed by atoms with Gasteiger partial charge < -0.3 is 5.73 Å². The molecular formula is C10H20FN. The number of rotatable bonds is 2. The topological polar surface area (TPSA) is 26.0 Å². The lowest BCUT2D eigenvalue weighted by Crippen LogP contribution is -2.55. The first-order valence-electron chi connectivity index (χ1n) is 4.83. The average molecular weight is 173 g/mol. The zero-order valence-corrected chi connectivity index (χ0v) is 8.36. The minimum atomic E-state index is -1.20. The fraction of sp³-hybridized carbons (Fsp3) is 1.00. The molecule has 0 amide bonds. The molecule has 1 atom stereocenters. The molecule has 1 nitrogen and oxygen atoms in total. The molecule has 0 bridgehead atoms. The van der Waals surface area contributed by atoms with Crippen LogP contribution >= 0.6 is 0 Å². The molecule has 12 heavy (non-hydrogen) atoms. The van der Waals surface area contributed by atoms with Crippen LogP contribution in [-0.2, 0) is 0 Å². The second-order valence-corrected chi connectivity index (χ2v) is 4.78. The first kappa shape index (κ1) is 9.97. The lowest BCUT2D eigenvalue weighted by molar-refractivity contribution is 0.0325. The summed E-state index contributed by atoms with van der Waals surface area (Å²) in [5, 5.41) is 0. The number of halogens is 1. The summed E-state index contributed by atoms with van der Waals surface area (Å²) in [5.74, 6) is 0.178. The van der Waals surface area contributed by atoms with Gasteiger partial charge in [0, 0.05) is 5.54 Å². The molecule has 1 fully saturated rings. The molecular weight excluding hydrogens is 153 g/mol. The van der Waals surface area contributed by atoms with Gasteiger partial charge in [-0.3, -0.25) is 0 Å². The Morgan fingerprint density at radius 1 is 1.17 bits per heavy atom. The lowest BCUT2D eigenvalue weighted by atomic mass is 9.76. The fourth-order valence-corrected chi connectivity index (χ4v) is 1.99. The predicted molar refractivity (Wildman–Crippen MR) is 49.7 cm³/mol. The van der Waals surface area contributed by atoms with Gasteiger partial charge in [0.2, 0.25) is 0 Å². The zero-order chi connectivity index (χ0) is 9.41. The molecule has 1 saturated carbocycles. The Morgan fingerprint density at radius 2 is 1.58 bits per heavy atom. The van der Waals surface area contributed by atoms with Gasteiger partial charge in [0.25, 0.3) is 0 Å². The standard InChI is InChI=1S/C10H20FN/c1-9(2,12)10(3,11)8-6-4-5-7-8/h8H,4-7,12H2,1-3H3. The average Bonchev–Trinajstić information content (AvgIpc) is 2.34. The van der Waals surface area contributed by atoms with E-state index < -0.39 is 11.2 Å². The molecule has 0 saturated heterocycles. The second-order valence-electron chi connectivity index (χ2n) is 4.78. The van der Waals surface area contributed by atoms with E-state index in [0.717, 1.165) is 12.8 Å². The molecule has 72 valence electrons. The van der Waals surface area contributed by atoms with Crippen LogP contribution in [0.25, 0.3) is 0 Å². The summed E-state index contributed by atoms with van der Waals surface area (Å²) in [6, 6.07) is 0. The van der Waals surface area contributed by atoms with E-state index in [2.05, 4.69) is 0 Å². The van der Waals surface area contributed by atoms with Crippen molar-refractivity contribution in [1.29, 1.82) is 0 Å². The van der Waals surface area contributed by atoms with Gasteiger partial charge in [-0.1, -0.05) is 12.8 Å². The van der Waals surface area contributed by atoms with Crippen molar-refractivity contribution in [1.82, 2.24) is 0 Å². The first-order valence-corrected chi connectivity index (χ1v) is 4.83. The van der Waals surface area contributed by atoms with Crippen molar-refractivity contribution in [3.05, 3.63) is 0 Å². The zero-order valence-electron chi connectivity index (χ0n) is 8.36. The Balaban J connectivity index is 2.69. The van der Waals surface area contributed by atoms with Crippen molar-refractivity contribution >= 4 is 0 Å². The van der Waals surface area contributed by atoms with E-state index in [9.17, 15) is 4.39 Å². The van der Waals surface area contributed by atoms with Gasteiger partial charge in [0.15, 0.2) is 0 Å². The summed E-state index contributed by atoms with van der Waals surface area (Å²) in [6.45, 7) is 5.22. The van der Waals surface area contributed by atoms with E-state index in [1.807, 2.05) is 0 Å². The summed E-state index contributed by atoms with van der Waals surface area (Å²) in [7, 11) is 0. The van der Waals surface area contributed by atoms with Crippen LogP contribution in [0.5, 0.6) is 0 Å². The summed E-state index contributed by atoms with van der Waals surface area (Å²) < 4.78 is 14.2. The number of hydrogen-bond donors (Lipinski definition) is 1. The third-order valence-electron chi connectivity index (χ3n) is 3.38. The first-order chi connectivity index (χ1) is 5.36.